The second-order valence-electron chi connectivity index (χ2n) is 2.65. The van der Waals surface area contributed by atoms with Gasteiger partial charge >= 0.3 is 5.97 Å². The van der Waals surface area contributed by atoms with Gasteiger partial charge in [-0.2, -0.15) is 0 Å². The number of hydrogen-bond acceptors (Lipinski definition) is 3. The molecular formula is C10H12O2S. The molecule has 1 aromatic rings. The van der Waals surface area contributed by atoms with Crippen molar-refractivity contribution in [1.82, 2.24) is 0 Å². The molecule has 2 nitrogen and oxygen atoms in total. The Balaban J connectivity index is 2.36. The molecule has 0 unspecified atom stereocenters. The Kier molecular flexibility index (Phi) is 3.71. The summed E-state index contributed by atoms with van der Waals surface area (Å²) in [5, 5.41) is 0. The van der Waals surface area contributed by atoms with E-state index in [0.29, 0.717) is 6.61 Å². The molecule has 0 aliphatic heterocycles. The van der Waals surface area contributed by atoms with Crippen LogP contribution >= 0.6 is 11.3 Å². The molecule has 0 aliphatic carbocycles. The number of esters is 1. The van der Waals surface area contributed by atoms with Crippen LogP contribution in [0.2, 0.25) is 0 Å². The molecule has 13 heavy (non-hydrogen) atoms. The van der Waals surface area contributed by atoms with Gasteiger partial charge in [0.05, 0.1) is 0 Å². The van der Waals surface area contributed by atoms with Crippen molar-refractivity contribution in [2.45, 2.75) is 13.8 Å². The van der Waals surface area contributed by atoms with Gasteiger partial charge in [-0.3, -0.25) is 4.79 Å². The van der Waals surface area contributed by atoms with E-state index < -0.39 is 0 Å². The van der Waals surface area contributed by atoms with Gasteiger partial charge in [-0.25, -0.2) is 0 Å². The van der Waals surface area contributed by atoms with E-state index in [0.717, 1.165) is 0 Å². The average molecular weight is 196 g/mol. The molecule has 0 fully saturated rings. The Morgan fingerprint density at radius 1 is 1.62 bits per heavy atom. The normalized spacial score (nSPS) is 10.6. The zero-order valence-corrected chi connectivity index (χ0v) is 8.56. The Morgan fingerprint density at radius 3 is 2.92 bits per heavy atom. The second kappa shape index (κ2) is 4.82. The number of hydrogen-bond donors (Lipinski definition) is 0. The van der Waals surface area contributed by atoms with Gasteiger partial charge in [0.1, 0.15) is 6.61 Å². The highest BCUT2D eigenvalue weighted by atomic mass is 32.1. The SMILES string of the molecule is CC(=O)OC/C=C/c1ccc(C)s1. The van der Waals surface area contributed by atoms with Gasteiger partial charge in [-0.05, 0) is 31.2 Å². The fourth-order valence-corrected chi connectivity index (χ4v) is 1.68. The molecule has 1 aromatic heterocycles. The third kappa shape index (κ3) is 3.90. The van der Waals surface area contributed by atoms with Crippen LogP contribution in [0.5, 0.6) is 0 Å². The van der Waals surface area contributed by atoms with Crippen molar-refractivity contribution in [2.75, 3.05) is 6.61 Å². The van der Waals surface area contributed by atoms with Crippen LogP contribution in [0.15, 0.2) is 18.2 Å². The monoisotopic (exact) mass is 196 g/mol. The van der Waals surface area contributed by atoms with E-state index >= 15 is 0 Å². The number of carbonyl (C=O) groups excluding carboxylic acids is 1. The molecule has 1 heterocycles. The maximum absolute atomic E-state index is 10.4. The highest BCUT2D eigenvalue weighted by Gasteiger charge is 1.91. The van der Waals surface area contributed by atoms with Crippen LogP contribution in [0.25, 0.3) is 6.08 Å². The van der Waals surface area contributed by atoms with Gasteiger partial charge in [0, 0.05) is 16.7 Å². The van der Waals surface area contributed by atoms with Crippen LogP contribution in [-0.4, -0.2) is 12.6 Å². The van der Waals surface area contributed by atoms with Crippen LogP contribution in [-0.2, 0) is 9.53 Å². The van der Waals surface area contributed by atoms with Gasteiger partial charge in [0.25, 0.3) is 0 Å². The number of aryl methyl sites for hydroxylation is 1. The Morgan fingerprint density at radius 2 is 2.38 bits per heavy atom. The van der Waals surface area contributed by atoms with E-state index in [1.54, 1.807) is 11.3 Å². The Labute approximate surface area is 81.8 Å². The van der Waals surface area contributed by atoms with Crippen LogP contribution in [0.3, 0.4) is 0 Å². The molecule has 0 radical (unpaired) electrons. The van der Waals surface area contributed by atoms with Crippen molar-refractivity contribution in [2.24, 2.45) is 0 Å². The minimum atomic E-state index is -0.244. The van der Waals surface area contributed by atoms with E-state index in [-0.39, 0.29) is 5.97 Å². The summed E-state index contributed by atoms with van der Waals surface area (Å²) >= 11 is 1.72. The number of rotatable bonds is 3. The molecule has 3 heteroatoms. The van der Waals surface area contributed by atoms with Crippen LogP contribution in [0.4, 0.5) is 0 Å². The number of thiophene rings is 1. The molecule has 70 valence electrons. The summed E-state index contributed by atoms with van der Waals surface area (Å²) in [6.07, 6.45) is 3.80. The van der Waals surface area contributed by atoms with Gasteiger partial charge in [-0.15, -0.1) is 11.3 Å². The molecule has 0 aromatic carbocycles. The molecule has 0 spiro atoms. The molecule has 0 bridgehead atoms. The first-order chi connectivity index (χ1) is 6.18. The van der Waals surface area contributed by atoms with E-state index in [2.05, 4.69) is 13.0 Å². The summed E-state index contributed by atoms with van der Waals surface area (Å²) in [4.78, 5) is 12.9. The average Bonchev–Trinajstić information content (AvgIpc) is 2.45. The van der Waals surface area contributed by atoms with Gasteiger partial charge in [0.15, 0.2) is 0 Å². The first-order valence-corrected chi connectivity index (χ1v) is 4.86. The van der Waals surface area contributed by atoms with E-state index in [1.807, 2.05) is 18.2 Å². The highest BCUT2D eigenvalue weighted by Crippen LogP contribution is 2.16. The lowest BCUT2D eigenvalue weighted by Gasteiger charge is -1.93. The third-order valence-corrected chi connectivity index (χ3v) is 2.39. The maximum atomic E-state index is 10.4. The first-order valence-electron chi connectivity index (χ1n) is 4.05. The lowest BCUT2D eigenvalue weighted by atomic mass is 10.4. The molecule has 0 saturated heterocycles. The van der Waals surface area contributed by atoms with Gasteiger partial charge in [0.2, 0.25) is 0 Å². The quantitative estimate of drug-likeness (QED) is 0.695. The summed E-state index contributed by atoms with van der Waals surface area (Å²) < 4.78 is 4.75. The predicted octanol–water partition coefficient (Wildman–Crippen LogP) is 2.63. The minimum absolute atomic E-state index is 0.244. The molecule has 0 aliphatic rings. The van der Waals surface area contributed by atoms with Crippen molar-refractivity contribution in [3.63, 3.8) is 0 Å². The van der Waals surface area contributed by atoms with Crippen molar-refractivity contribution >= 4 is 23.4 Å². The Bertz CT molecular complexity index is 312. The summed E-state index contributed by atoms with van der Waals surface area (Å²) in [6.45, 7) is 3.82. The van der Waals surface area contributed by atoms with Crippen molar-refractivity contribution < 1.29 is 9.53 Å². The zero-order chi connectivity index (χ0) is 9.68. The van der Waals surface area contributed by atoms with Crippen molar-refractivity contribution in [3.05, 3.63) is 28.0 Å². The topological polar surface area (TPSA) is 26.3 Å². The lowest BCUT2D eigenvalue weighted by Crippen LogP contribution is -1.96. The maximum Gasteiger partial charge on any atom is 0.302 e. The molecule has 0 atom stereocenters. The standard InChI is InChI=1S/C10H12O2S/c1-8-5-6-10(13-8)4-3-7-12-9(2)11/h3-6H,7H2,1-2H3/b4-3+. The molecule has 0 N–H and O–H groups in total. The zero-order valence-electron chi connectivity index (χ0n) is 7.74. The van der Waals surface area contributed by atoms with Crippen LogP contribution < -0.4 is 0 Å². The second-order valence-corrected chi connectivity index (χ2v) is 3.97. The molecule has 0 amide bonds. The summed E-state index contributed by atoms with van der Waals surface area (Å²) in [5.74, 6) is -0.244. The highest BCUT2D eigenvalue weighted by molar-refractivity contribution is 7.12. The van der Waals surface area contributed by atoms with Crippen molar-refractivity contribution in [3.8, 4) is 0 Å². The minimum Gasteiger partial charge on any atom is -0.462 e. The van der Waals surface area contributed by atoms with Gasteiger partial charge < -0.3 is 4.74 Å². The molecular weight excluding hydrogens is 184 g/mol. The van der Waals surface area contributed by atoms with E-state index in [1.165, 1.54) is 16.7 Å². The fourth-order valence-electron chi connectivity index (χ4n) is 0.873. The number of ether oxygens (including phenoxy) is 1. The Hall–Kier alpha value is -1.09. The summed E-state index contributed by atoms with van der Waals surface area (Å²) in [7, 11) is 0. The van der Waals surface area contributed by atoms with Crippen LogP contribution in [0.1, 0.15) is 16.7 Å². The largest absolute Gasteiger partial charge is 0.462 e. The third-order valence-electron chi connectivity index (χ3n) is 1.43. The fraction of sp³-hybridized carbons (Fsp3) is 0.300. The number of carbonyl (C=O) groups is 1. The molecule has 1 rings (SSSR count). The van der Waals surface area contributed by atoms with E-state index in [4.69, 9.17) is 4.74 Å². The molecule has 0 saturated carbocycles. The first kappa shape index (κ1) is 9.99. The van der Waals surface area contributed by atoms with E-state index in [9.17, 15) is 4.79 Å². The summed E-state index contributed by atoms with van der Waals surface area (Å²) in [6, 6.07) is 4.11. The van der Waals surface area contributed by atoms with Gasteiger partial charge in [-0.1, -0.05) is 0 Å². The van der Waals surface area contributed by atoms with Crippen LogP contribution in [0, 0.1) is 6.92 Å². The predicted molar refractivity (Wildman–Crippen MR) is 54.7 cm³/mol. The van der Waals surface area contributed by atoms with Crippen molar-refractivity contribution in [1.29, 1.82) is 0 Å². The summed E-state index contributed by atoms with van der Waals surface area (Å²) in [5.41, 5.74) is 0. The lowest BCUT2D eigenvalue weighted by molar-refractivity contribution is -0.139. The smallest absolute Gasteiger partial charge is 0.302 e.